The minimum Gasteiger partial charge on any atom is -0.496 e. The van der Waals surface area contributed by atoms with Crippen LogP contribution in [-0.4, -0.2) is 47.2 Å². The van der Waals surface area contributed by atoms with E-state index in [2.05, 4.69) is 0 Å². The van der Waals surface area contributed by atoms with E-state index >= 15 is 0 Å². The van der Waals surface area contributed by atoms with Crippen LogP contribution in [0.1, 0.15) is 60.2 Å². The molecule has 3 rings (SSSR count). The Morgan fingerprint density at radius 1 is 1.13 bits per heavy atom. The number of thiophene rings is 1. The van der Waals surface area contributed by atoms with Crippen molar-refractivity contribution < 1.29 is 33.0 Å². The SMILES string of the molecule is CCOC(=O)c1sc2c(c1C)c(=O)n(C(C)(C)C(=O)OCC(C)C)c(=O)n2CC(=O)c1cc(F)ccc1OC. The summed E-state index contributed by atoms with van der Waals surface area (Å²) in [5, 5.41) is -0.0219. The molecular weight excluding hydrogens is 531 g/mol. The Morgan fingerprint density at radius 3 is 2.38 bits per heavy atom. The van der Waals surface area contributed by atoms with E-state index in [9.17, 15) is 28.4 Å². The topological polar surface area (TPSA) is 123 Å². The summed E-state index contributed by atoms with van der Waals surface area (Å²) in [4.78, 5) is 66.7. The molecule has 10 nitrogen and oxygen atoms in total. The Labute approximate surface area is 227 Å². The van der Waals surface area contributed by atoms with E-state index in [1.54, 1.807) is 6.92 Å². The van der Waals surface area contributed by atoms with Gasteiger partial charge in [0.15, 0.2) is 5.78 Å². The monoisotopic (exact) mass is 562 g/mol. The summed E-state index contributed by atoms with van der Waals surface area (Å²) in [6, 6.07) is 3.39. The highest BCUT2D eigenvalue weighted by molar-refractivity contribution is 7.20. The van der Waals surface area contributed by atoms with Crippen molar-refractivity contribution in [1.29, 1.82) is 0 Å². The lowest BCUT2D eigenvalue weighted by Crippen LogP contribution is -2.53. The standard InChI is InChI=1S/C27H31FN2O8S/c1-8-37-24(33)21-15(4)20-22(32)30(27(5,6)25(34)38-13-14(2)3)26(35)29(23(20)39-21)12-18(31)17-11-16(28)9-10-19(17)36-7/h9-11,14H,8,12-13H2,1-7H3. The molecule has 0 fully saturated rings. The number of ketones is 1. The second kappa shape index (κ2) is 11.5. The van der Waals surface area contributed by atoms with Crippen molar-refractivity contribution >= 4 is 39.3 Å². The minimum absolute atomic E-state index is 0.00531. The van der Waals surface area contributed by atoms with Gasteiger partial charge in [0.2, 0.25) is 0 Å². The Balaban J connectivity index is 2.33. The van der Waals surface area contributed by atoms with Crippen LogP contribution in [0.15, 0.2) is 27.8 Å². The molecule has 0 amide bonds. The zero-order valence-electron chi connectivity index (χ0n) is 22.9. The minimum atomic E-state index is -1.77. The van der Waals surface area contributed by atoms with Crippen molar-refractivity contribution in [2.24, 2.45) is 5.92 Å². The summed E-state index contributed by atoms with van der Waals surface area (Å²) < 4.78 is 31.4. The third-order valence-electron chi connectivity index (χ3n) is 6.04. The van der Waals surface area contributed by atoms with E-state index in [4.69, 9.17) is 14.2 Å². The summed E-state index contributed by atoms with van der Waals surface area (Å²) in [6.07, 6.45) is 0. The number of aromatic nitrogens is 2. The lowest BCUT2D eigenvalue weighted by molar-refractivity contribution is -0.154. The average molecular weight is 563 g/mol. The number of ether oxygens (including phenoxy) is 3. The number of hydrogen-bond donors (Lipinski definition) is 0. The Bertz CT molecular complexity index is 1560. The first kappa shape index (κ1) is 29.8. The Hall–Kier alpha value is -3.80. The fraction of sp³-hybridized carbons (Fsp3) is 0.444. The molecule has 0 N–H and O–H groups in total. The predicted octanol–water partition coefficient (Wildman–Crippen LogP) is 3.67. The molecule has 2 heterocycles. The number of carbonyl (C=O) groups is 3. The first-order chi connectivity index (χ1) is 18.3. The first-order valence-electron chi connectivity index (χ1n) is 12.3. The number of aryl methyl sites for hydroxylation is 1. The molecule has 0 atom stereocenters. The maximum atomic E-state index is 14.0. The summed E-state index contributed by atoms with van der Waals surface area (Å²) in [6.45, 7) is 9.06. The molecule has 0 aliphatic rings. The fourth-order valence-corrected chi connectivity index (χ4v) is 5.19. The molecule has 39 heavy (non-hydrogen) atoms. The quantitative estimate of drug-likeness (QED) is 0.271. The van der Waals surface area contributed by atoms with Crippen molar-refractivity contribution in [2.45, 2.75) is 53.6 Å². The molecule has 0 saturated carbocycles. The molecule has 0 bridgehead atoms. The van der Waals surface area contributed by atoms with Gasteiger partial charge < -0.3 is 14.2 Å². The van der Waals surface area contributed by atoms with E-state index in [0.29, 0.717) is 0 Å². The number of carbonyl (C=O) groups excluding carboxylic acids is 3. The number of esters is 2. The number of rotatable bonds is 10. The van der Waals surface area contributed by atoms with Gasteiger partial charge in [0.05, 0.1) is 37.8 Å². The number of fused-ring (bicyclic) bond motifs is 1. The van der Waals surface area contributed by atoms with Gasteiger partial charge in [0.1, 0.15) is 26.8 Å². The maximum Gasteiger partial charge on any atom is 0.348 e. The summed E-state index contributed by atoms with van der Waals surface area (Å²) in [5.74, 6) is -2.80. The number of hydrogen-bond acceptors (Lipinski definition) is 9. The molecule has 0 aliphatic heterocycles. The molecule has 12 heteroatoms. The van der Waals surface area contributed by atoms with Gasteiger partial charge >= 0.3 is 17.6 Å². The van der Waals surface area contributed by atoms with Gasteiger partial charge in [-0.2, -0.15) is 0 Å². The van der Waals surface area contributed by atoms with Gasteiger partial charge in [-0.15, -0.1) is 11.3 Å². The zero-order valence-corrected chi connectivity index (χ0v) is 23.7. The average Bonchev–Trinajstić information content (AvgIpc) is 3.22. The van der Waals surface area contributed by atoms with Crippen LogP contribution in [-0.2, 0) is 26.4 Å². The lowest BCUT2D eigenvalue weighted by atomic mass is 10.0. The van der Waals surface area contributed by atoms with Crippen LogP contribution >= 0.6 is 11.3 Å². The van der Waals surface area contributed by atoms with Crippen molar-refractivity contribution in [3.05, 3.63) is 60.9 Å². The third-order valence-corrected chi connectivity index (χ3v) is 7.34. The Kier molecular flexibility index (Phi) is 8.79. The summed E-state index contributed by atoms with van der Waals surface area (Å²) >= 11 is 0.820. The van der Waals surface area contributed by atoms with Gasteiger partial charge in [-0.3, -0.25) is 14.2 Å². The van der Waals surface area contributed by atoms with Crippen LogP contribution in [0, 0.1) is 18.7 Å². The van der Waals surface area contributed by atoms with E-state index in [1.165, 1.54) is 33.9 Å². The van der Waals surface area contributed by atoms with Gasteiger partial charge in [0, 0.05) is 0 Å². The number of nitrogens with zero attached hydrogens (tertiary/aromatic N) is 2. The van der Waals surface area contributed by atoms with Crippen LogP contribution < -0.4 is 16.0 Å². The molecular formula is C27H31FN2O8S. The van der Waals surface area contributed by atoms with Crippen LogP contribution in [0.4, 0.5) is 4.39 Å². The first-order valence-corrected chi connectivity index (χ1v) is 13.1. The summed E-state index contributed by atoms with van der Waals surface area (Å²) in [7, 11) is 1.31. The predicted molar refractivity (Wildman–Crippen MR) is 143 cm³/mol. The maximum absolute atomic E-state index is 14.0. The number of halogens is 1. The van der Waals surface area contributed by atoms with E-state index in [0.717, 1.165) is 32.6 Å². The molecule has 3 aromatic rings. The van der Waals surface area contributed by atoms with Crippen LogP contribution in [0.25, 0.3) is 10.2 Å². The van der Waals surface area contributed by atoms with E-state index in [-0.39, 0.29) is 51.1 Å². The number of Topliss-reactive ketones (excluding diaryl/α,β-unsaturated/α-hetero) is 1. The highest BCUT2D eigenvalue weighted by atomic mass is 32.1. The molecule has 0 radical (unpaired) electrons. The second-order valence-corrected chi connectivity index (χ2v) is 10.8. The fourth-order valence-electron chi connectivity index (χ4n) is 4.01. The number of methoxy groups -OCH3 is 1. The second-order valence-electron chi connectivity index (χ2n) is 9.79. The van der Waals surface area contributed by atoms with Crippen LogP contribution in [0.2, 0.25) is 0 Å². The van der Waals surface area contributed by atoms with E-state index < -0.39 is 46.9 Å². The number of benzene rings is 1. The van der Waals surface area contributed by atoms with Crippen LogP contribution in [0.3, 0.4) is 0 Å². The molecule has 0 unspecified atom stereocenters. The smallest absolute Gasteiger partial charge is 0.348 e. The molecule has 2 aromatic heterocycles. The van der Waals surface area contributed by atoms with Crippen molar-refractivity contribution in [1.82, 2.24) is 9.13 Å². The molecule has 1 aromatic carbocycles. The lowest BCUT2D eigenvalue weighted by Gasteiger charge is -2.26. The van der Waals surface area contributed by atoms with Gasteiger partial charge in [-0.05, 0) is 57.4 Å². The van der Waals surface area contributed by atoms with Crippen LogP contribution in [0.5, 0.6) is 5.75 Å². The molecule has 0 saturated heterocycles. The molecule has 210 valence electrons. The zero-order chi connectivity index (χ0) is 29.2. The van der Waals surface area contributed by atoms with Gasteiger partial charge in [0.25, 0.3) is 5.56 Å². The highest BCUT2D eigenvalue weighted by Crippen LogP contribution is 2.30. The largest absolute Gasteiger partial charge is 0.496 e. The molecule has 0 spiro atoms. The van der Waals surface area contributed by atoms with E-state index in [1.807, 2.05) is 13.8 Å². The van der Waals surface area contributed by atoms with Crippen molar-refractivity contribution in [2.75, 3.05) is 20.3 Å². The third kappa shape index (κ3) is 5.65. The van der Waals surface area contributed by atoms with Crippen molar-refractivity contribution in [3.63, 3.8) is 0 Å². The molecule has 0 aliphatic carbocycles. The van der Waals surface area contributed by atoms with Gasteiger partial charge in [-0.25, -0.2) is 23.3 Å². The summed E-state index contributed by atoms with van der Waals surface area (Å²) in [5.41, 5.74) is -3.44. The normalized spacial score (nSPS) is 11.6. The Morgan fingerprint density at radius 2 is 1.79 bits per heavy atom. The van der Waals surface area contributed by atoms with Gasteiger partial charge in [-0.1, -0.05) is 13.8 Å². The van der Waals surface area contributed by atoms with Crippen molar-refractivity contribution in [3.8, 4) is 5.75 Å². The highest BCUT2D eigenvalue weighted by Gasteiger charge is 2.37.